The fraction of sp³-hybridized carbons (Fsp3) is 0.565. The third-order valence-corrected chi connectivity index (χ3v) is 6.58. The number of nitrogens with zero attached hydrogens (tertiary/aromatic N) is 2. The highest BCUT2D eigenvalue weighted by atomic mass is 35.5. The number of hydrogen-bond donors (Lipinski definition) is 1. The average Bonchev–Trinajstić information content (AvgIpc) is 3.26. The second-order valence-corrected chi connectivity index (χ2v) is 9.61. The van der Waals surface area contributed by atoms with Gasteiger partial charge >= 0.3 is 6.11 Å². The lowest BCUT2D eigenvalue weighted by molar-refractivity contribution is -0.265. The van der Waals surface area contributed by atoms with Crippen molar-refractivity contribution in [3.8, 4) is 5.75 Å². The summed E-state index contributed by atoms with van der Waals surface area (Å²) in [6, 6.07) is 4.46. The molecule has 3 heterocycles. The Bertz CT molecular complexity index is 1110. The van der Waals surface area contributed by atoms with Gasteiger partial charge < -0.3 is 23.9 Å². The number of Topliss-reactive ketones (excluding diaryl/α,β-unsaturated/α-hetero) is 1. The summed E-state index contributed by atoms with van der Waals surface area (Å²) in [4.78, 5) is 25.1. The van der Waals surface area contributed by atoms with Crippen LogP contribution in [0, 0.1) is 0 Å². The van der Waals surface area contributed by atoms with E-state index in [0.29, 0.717) is 53.8 Å². The van der Waals surface area contributed by atoms with Gasteiger partial charge in [-0.3, -0.25) is 9.59 Å². The number of amides is 1. The highest BCUT2D eigenvalue weighted by molar-refractivity contribution is 6.31. The Kier molecular flexibility index (Phi) is 6.49. The molecule has 0 unspecified atom stereocenters. The van der Waals surface area contributed by atoms with Gasteiger partial charge in [0.05, 0.1) is 30.7 Å². The molecule has 1 aromatic carbocycles. The number of aromatic nitrogens is 2. The minimum Gasteiger partial charge on any atom is -0.479 e. The molecule has 0 bridgehead atoms. The molecule has 1 saturated heterocycles. The molecule has 188 valence electrons. The molecule has 0 spiro atoms. The van der Waals surface area contributed by atoms with Crippen LogP contribution >= 0.6 is 11.6 Å². The molecule has 2 aliphatic heterocycles. The van der Waals surface area contributed by atoms with E-state index in [1.807, 2.05) is 0 Å². The standard InChI is InChI=1S/C23H24ClF2N3O6/c1-23(25,26)35-14-6-11(7-14)21-28-29-22(34-21)18-5-3-13(10-32-18)27-20(31)19-9-16(30)15-8-12(24)2-4-17(15)33-19/h2,4,8,11,13-14,18-19H,3,5-7,9-10H2,1H3,(H,27,31)/t11?,13-,14?,18+,19-/m1/s1. The van der Waals surface area contributed by atoms with E-state index >= 15 is 0 Å². The molecule has 1 aromatic heterocycles. The van der Waals surface area contributed by atoms with Crippen LogP contribution in [0.25, 0.3) is 0 Å². The third-order valence-electron chi connectivity index (χ3n) is 6.35. The SMILES string of the molecule is CC(F)(F)OC1CC(c2nnc([C@@H]3CC[C@@H](NC(=O)[C@H]4CC(=O)c5cc(Cl)ccc5O4)CO3)o2)C1. The van der Waals surface area contributed by atoms with Crippen molar-refractivity contribution in [2.45, 2.75) is 75.4 Å². The normalized spacial score (nSPS) is 28.6. The first-order valence-corrected chi connectivity index (χ1v) is 11.8. The summed E-state index contributed by atoms with van der Waals surface area (Å²) in [5.41, 5.74) is 0.373. The van der Waals surface area contributed by atoms with Crippen LogP contribution in [-0.4, -0.2) is 52.9 Å². The van der Waals surface area contributed by atoms with E-state index in [1.165, 1.54) is 6.07 Å². The Hall–Kier alpha value is -2.63. The van der Waals surface area contributed by atoms with Crippen molar-refractivity contribution >= 4 is 23.3 Å². The first kappa shape index (κ1) is 24.1. The van der Waals surface area contributed by atoms with Gasteiger partial charge in [0.2, 0.25) is 11.8 Å². The van der Waals surface area contributed by atoms with Crippen molar-refractivity contribution < 1.29 is 37.0 Å². The summed E-state index contributed by atoms with van der Waals surface area (Å²) in [5.74, 6) is 0.356. The van der Waals surface area contributed by atoms with Gasteiger partial charge in [0.15, 0.2) is 11.9 Å². The second-order valence-electron chi connectivity index (χ2n) is 9.17. The zero-order valence-electron chi connectivity index (χ0n) is 18.8. The van der Waals surface area contributed by atoms with E-state index in [2.05, 4.69) is 20.3 Å². The van der Waals surface area contributed by atoms with Gasteiger partial charge in [-0.2, -0.15) is 8.78 Å². The lowest BCUT2D eigenvalue weighted by Gasteiger charge is -2.34. The molecule has 1 aliphatic carbocycles. The van der Waals surface area contributed by atoms with Gasteiger partial charge in [-0.1, -0.05) is 11.6 Å². The highest BCUT2D eigenvalue weighted by Crippen LogP contribution is 2.41. The lowest BCUT2D eigenvalue weighted by atomic mass is 9.82. The number of halogens is 3. The lowest BCUT2D eigenvalue weighted by Crippen LogP contribution is -2.48. The van der Waals surface area contributed by atoms with E-state index in [9.17, 15) is 18.4 Å². The first-order chi connectivity index (χ1) is 16.6. The predicted octanol–water partition coefficient (Wildman–Crippen LogP) is 3.97. The predicted molar refractivity (Wildman–Crippen MR) is 116 cm³/mol. The Morgan fingerprint density at radius 1 is 1.23 bits per heavy atom. The average molecular weight is 512 g/mol. The molecule has 1 saturated carbocycles. The summed E-state index contributed by atoms with van der Waals surface area (Å²) < 4.78 is 47.8. The minimum absolute atomic E-state index is 0.0664. The number of carbonyl (C=O) groups excluding carboxylic acids is 2. The highest BCUT2D eigenvalue weighted by Gasteiger charge is 2.40. The maximum absolute atomic E-state index is 12.9. The van der Waals surface area contributed by atoms with Crippen molar-refractivity contribution in [1.29, 1.82) is 0 Å². The van der Waals surface area contributed by atoms with Gasteiger partial charge in [0.25, 0.3) is 5.91 Å². The third kappa shape index (κ3) is 5.46. The number of alkyl halides is 2. The first-order valence-electron chi connectivity index (χ1n) is 11.4. The van der Waals surface area contributed by atoms with E-state index in [-0.39, 0.29) is 36.7 Å². The number of carbonyl (C=O) groups is 2. The number of ether oxygens (including phenoxy) is 3. The van der Waals surface area contributed by atoms with Crippen LogP contribution in [0.4, 0.5) is 8.78 Å². The van der Waals surface area contributed by atoms with Crippen molar-refractivity contribution in [2.75, 3.05) is 6.61 Å². The summed E-state index contributed by atoms with van der Waals surface area (Å²) in [6.07, 6.45) is -3.15. The molecule has 2 fully saturated rings. The number of rotatable bonds is 6. The largest absolute Gasteiger partial charge is 0.479 e. The monoisotopic (exact) mass is 511 g/mol. The van der Waals surface area contributed by atoms with Crippen molar-refractivity contribution in [3.05, 3.63) is 40.6 Å². The fourth-order valence-corrected chi connectivity index (χ4v) is 4.67. The summed E-state index contributed by atoms with van der Waals surface area (Å²) >= 11 is 5.93. The number of hydrogen-bond acceptors (Lipinski definition) is 8. The molecule has 1 N–H and O–H groups in total. The molecule has 5 rings (SSSR count). The number of benzene rings is 1. The Morgan fingerprint density at radius 3 is 2.71 bits per heavy atom. The maximum atomic E-state index is 12.9. The zero-order valence-corrected chi connectivity index (χ0v) is 19.6. The Labute approximate surface area is 204 Å². The van der Waals surface area contributed by atoms with E-state index in [1.54, 1.807) is 12.1 Å². The number of fused-ring (bicyclic) bond motifs is 1. The van der Waals surface area contributed by atoms with Crippen LogP contribution in [0.1, 0.15) is 73.2 Å². The van der Waals surface area contributed by atoms with Gasteiger partial charge in [0.1, 0.15) is 11.9 Å². The molecule has 0 radical (unpaired) electrons. The van der Waals surface area contributed by atoms with Crippen LogP contribution < -0.4 is 10.1 Å². The van der Waals surface area contributed by atoms with Gasteiger partial charge in [-0.15, -0.1) is 10.2 Å². The van der Waals surface area contributed by atoms with Crippen molar-refractivity contribution in [1.82, 2.24) is 15.5 Å². The van der Waals surface area contributed by atoms with E-state index in [0.717, 1.165) is 6.92 Å². The molecule has 12 heteroatoms. The molecule has 1 amide bonds. The van der Waals surface area contributed by atoms with Crippen LogP contribution in [0.15, 0.2) is 22.6 Å². The molecular formula is C23H24ClF2N3O6. The Morgan fingerprint density at radius 2 is 2.00 bits per heavy atom. The van der Waals surface area contributed by atoms with Gasteiger partial charge in [-0.05, 0) is 43.9 Å². The minimum atomic E-state index is -3.16. The number of ketones is 1. The van der Waals surface area contributed by atoms with Gasteiger partial charge in [-0.25, -0.2) is 0 Å². The summed E-state index contributed by atoms with van der Waals surface area (Å²) in [6.45, 7) is 0.949. The van der Waals surface area contributed by atoms with E-state index < -0.39 is 24.4 Å². The second kappa shape index (κ2) is 9.44. The fourth-order valence-electron chi connectivity index (χ4n) is 4.49. The number of nitrogens with one attached hydrogen (secondary N) is 1. The van der Waals surface area contributed by atoms with Crippen LogP contribution in [0.5, 0.6) is 5.75 Å². The maximum Gasteiger partial charge on any atom is 0.353 e. The smallest absolute Gasteiger partial charge is 0.353 e. The molecular weight excluding hydrogens is 488 g/mol. The summed E-state index contributed by atoms with van der Waals surface area (Å²) in [5, 5.41) is 11.4. The molecule has 35 heavy (non-hydrogen) atoms. The van der Waals surface area contributed by atoms with Crippen LogP contribution in [0.2, 0.25) is 5.02 Å². The van der Waals surface area contributed by atoms with Crippen LogP contribution in [0.3, 0.4) is 0 Å². The van der Waals surface area contributed by atoms with Crippen molar-refractivity contribution in [2.24, 2.45) is 0 Å². The molecule has 3 aliphatic rings. The molecule has 9 nitrogen and oxygen atoms in total. The molecule has 2 aromatic rings. The quantitative estimate of drug-likeness (QED) is 0.620. The Balaban J connectivity index is 1.09. The van der Waals surface area contributed by atoms with Crippen molar-refractivity contribution in [3.63, 3.8) is 0 Å². The zero-order chi connectivity index (χ0) is 24.7. The summed E-state index contributed by atoms with van der Waals surface area (Å²) in [7, 11) is 0. The van der Waals surface area contributed by atoms with E-state index in [4.69, 9.17) is 25.5 Å². The van der Waals surface area contributed by atoms with Gasteiger partial charge in [0, 0.05) is 17.9 Å². The topological polar surface area (TPSA) is 113 Å². The van der Waals surface area contributed by atoms with Crippen LogP contribution in [-0.2, 0) is 14.3 Å². The molecule has 3 atom stereocenters.